The maximum absolute atomic E-state index is 12.8. The van der Waals surface area contributed by atoms with E-state index < -0.39 is 11.7 Å². The second-order valence-electron chi connectivity index (χ2n) is 4.14. The van der Waals surface area contributed by atoms with Crippen LogP contribution in [0.4, 0.5) is 13.2 Å². The van der Waals surface area contributed by atoms with Crippen LogP contribution in [-0.4, -0.2) is 19.8 Å². The van der Waals surface area contributed by atoms with Crippen molar-refractivity contribution in [3.63, 3.8) is 0 Å². The van der Waals surface area contributed by atoms with Gasteiger partial charge in [-0.3, -0.25) is 0 Å². The summed E-state index contributed by atoms with van der Waals surface area (Å²) in [6.07, 6.45) is -4.44. The molecule has 0 aliphatic carbocycles. The number of hydrogen-bond acceptors (Lipinski definition) is 3. The van der Waals surface area contributed by atoms with Gasteiger partial charge in [0.15, 0.2) is 11.5 Å². The maximum atomic E-state index is 12.8. The quantitative estimate of drug-likeness (QED) is 0.637. The molecule has 0 saturated carbocycles. The van der Waals surface area contributed by atoms with Crippen molar-refractivity contribution in [2.24, 2.45) is 0 Å². The second kappa shape index (κ2) is 4.96. The Morgan fingerprint density at radius 2 is 1.86 bits per heavy atom. The topological polar surface area (TPSA) is 43.1 Å². The average molecular weight is 378 g/mol. The van der Waals surface area contributed by atoms with Crippen molar-refractivity contribution in [1.82, 2.24) is 19.8 Å². The Hall–Kier alpha value is -1.67. The zero-order valence-corrected chi connectivity index (χ0v) is 12.4. The van der Waals surface area contributed by atoms with Gasteiger partial charge in [-0.05, 0) is 30.3 Å². The van der Waals surface area contributed by atoms with Gasteiger partial charge in [0.05, 0.1) is 5.56 Å². The van der Waals surface area contributed by atoms with Crippen LogP contribution in [0.1, 0.15) is 5.56 Å². The van der Waals surface area contributed by atoms with Gasteiger partial charge >= 0.3 is 6.18 Å². The number of benzene rings is 1. The first-order valence-corrected chi connectivity index (χ1v) is 6.78. The van der Waals surface area contributed by atoms with Crippen molar-refractivity contribution < 1.29 is 13.2 Å². The van der Waals surface area contributed by atoms with Crippen LogP contribution >= 0.6 is 27.5 Å². The molecule has 3 rings (SSSR count). The smallest absolute Gasteiger partial charge is 0.191 e. The summed E-state index contributed by atoms with van der Waals surface area (Å²) in [4.78, 5) is 0. The zero-order valence-electron chi connectivity index (χ0n) is 10.1. The third kappa shape index (κ3) is 2.60. The van der Waals surface area contributed by atoms with Gasteiger partial charge in [0.25, 0.3) is 0 Å². The molecule has 0 unspecified atom stereocenters. The Balaban J connectivity index is 2.25. The lowest BCUT2D eigenvalue weighted by Gasteiger charge is -2.09. The monoisotopic (exact) mass is 376 g/mol. The van der Waals surface area contributed by atoms with E-state index in [-0.39, 0.29) is 16.5 Å². The van der Waals surface area contributed by atoms with E-state index in [1.54, 1.807) is 6.07 Å². The standard InChI is InChI=1S/C12H5BrClF3N4/c13-8-2-1-6(12(15,16)17)5-7(8)11-19-18-10-4-3-9(14)20-21(10)11/h1-5H. The summed E-state index contributed by atoms with van der Waals surface area (Å²) in [5.74, 6) is 0.172. The Labute approximate surface area is 129 Å². The van der Waals surface area contributed by atoms with Crippen LogP contribution in [0.2, 0.25) is 5.15 Å². The van der Waals surface area contributed by atoms with Crippen molar-refractivity contribution in [3.05, 3.63) is 45.5 Å². The fourth-order valence-corrected chi connectivity index (χ4v) is 2.37. The normalized spacial score (nSPS) is 12.0. The number of rotatable bonds is 1. The van der Waals surface area contributed by atoms with E-state index in [9.17, 15) is 13.2 Å². The van der Waals surface area contributed by atoms with E-state index in [2.05, 4.69) is 31.2 Å². The molecule has 0 radical (unpaired) electrons. The Morgan fingerprint density at radius 3 is 2.57 bits per heavy atom. The predicted molar refractivity (Wildman–Crippen MR) is 73.9 cm³/mol. The summed E-state index contributed by atoms with van der Waals surface area (Å²) in [6, 6.07) is 6.38. The van der Waals surface area contributed by atoms with Crippen LogP contribution in [-0.2, 0) is 6.18 Å². The number of nitrogens with zero attached hydrogens (tertiary/aromatic N) is 4. The minimum Gasteiger partial charge on any atom is -0.191 e. The first kappa shape index (κ1) is 14.3. The molecule has 3 aromatic rings. The van der Waals surface area contributed by atoms with Gasteiger partial charge in [-0.1, -0.05) is 27.5 Å². The molecule has 1 aromatic carbocycles. The molecular formula is C12H5BrClF3N4. The summed E-state index contributed by atoms with van der Waals surface area (Å²) >= 11 is 9.01. The highest BCUT2D eigenvalue weighted by Crippen LogP contribution is 2.35. The van der Waals surface area contributed by atoms with Crippen LogP contribution in [0.5, 0.6) is 0 Å². The van der Waals surface area contributed by atoms with E-state index in [0.29, 0.717) is 10.1 Å². The van der Waals surface area contributed by atoms with Gasteiger partial charge in [-0.2, -0.15) is 22.8 Å². The van der Waals surface area contributed by atoms with E-state index in [0.717, 1.165) is 12.1 Å². The zero-order chi connectivity index (χ0) is 15.2. The lowest BCUT2D eigenvalue weighted by molar-refractivity contribution is -0.137. The number of hydrogen-bond donors (Lipinski definition) is 0. The molecular weight excluding hydrogens is 373 g/mol. The van der Waals surface area contributed by atoms with Crippen molar-refractivity contribution in [2.75, 3.05) is 0 Å². The summed E-state index contributed by atoms with van der Waals surface area (Å²) in [7, 11) is 0. The number of halogens is 5. The van der Waals surface area contributed by atoms with E-state index in [1.165, 1.54) is 16.6 Å². The Bertz CT molecular complexity index is 831. The first-order valence-electron chi connectivity index (χ1n) is 5.61. The highest BCUT2D eigenvalue weighted by atomic mass is 79.9. The van der Waals surface area contributed by atoms with E-state index in [1.807, 2.05) is 0 Å². The molecule has 0 aliphatic rings. The molecule has 9 heteroatoms. The minimum atomic E-state index is -4.44. The highest BCUT2D eigenvalue weighted by molar-refractivity contribution is 9.10. The summed E-state index contributed by atoms with van der Waals surface area (Å²) in [5.41, 5.74) is -0.162. The molecule has 0 atom stereocenters. The number of fused-ring (bicyclic) bond motifs is 1. The lowest BCUT2D eigenvalue weighted by Crippen LogP contribution is -2.05. The van der Waals surface area contributed by atoms with Gasteiger partial charge in [0.2, 0.25) is 0 Å². The molecule has 0 bridgehead atoms. The molecule has 0 saturated heterocycles. The van der Waals surface area contributed by atoms with Gasteiger partial charge in [-0.25, -0.2) is 0 Å². The molecule has 0 N–H and O–H groups in total. The van der Waals surface area contributed by atoms with Crippen molar-refractivity contribution in [1.29, 1.82) is 0 Å². The second-order valence-corrected chi connectivity index (χ2v) is 5.38. The van der Waals surface area contributed by atoms with E-state index >= 15 is 0 Å². The van der Waals surface area contributed by atoms with Crippen LogP contribution in [0.15, 0.2) is 34.8 Å². The van der Waals surface area contributed by atoms with Crippen LogP contribution in [0.25, 0.3) is 17.0 Å². The predicted octanol–water partition coefficient (Wildman–Crippen LogP) is 4.23. The molecule has 2 heterocycles. The van der Waals surface area contributed by atoms with Gasteiger partial charge < -0.3 is 0 Å². The lowest BCUT2D eigenvalue weighted by atomic mass is 10.1. The molecule has 0 amide bonds. The molecule has 0 spiro atoms. The fraction of sp³-hybridized carbons (Fsp3) is 0.0833. The SMILES string of the molecule is FC(F)(F)c1ccc(Br)c(-c2nnc3ccc(Cl)nn23)c1. The summed E-state index contributed by atoms with van der Waals surface area (Å²) in [6.45, 7) is 0. The Morgan fingerprint density at radius 1 is 1.10 bits per heavy atom. The summed E-state index contributed by atoms with van der Waals surface area (Å²) in [5, 5.41) is 11.9. The van der Waals surface area contributed by atoms with Crippen molar-refractivity contribution >= 4 is 33.2 Å². The molecule has 0 fully saturated rings. The van der Waals surface area contributed by atoms with Crippen LogP contribution in [0.3, 0.4) is 0 Å². The first-order chi connectivity index (χ1) is 9.86. The highest BCUT2D eigenvalue weighted by Gasteiger charge is 2.31. The molecule has 2 aromatic heterocycles. The molecule has 0 aliphatic heterocycles. The largest absolute Gasteiger partial charge is 0.416 e. The molecule has 108 valence electrons. The van der Waals surface area contributed by atoms with Crippen LogP contribution in [0, 0.1) is 0 Å². The van der Waals surface area contributed by atoms with Gasteiger partial charge in [0.1, 0.15) is 5.15 Å². The molecule has 4 nitrogen and oxygen atoms in total. The number of aromatic nitrogens is 4. The minimum absolute atomic E-state index is 0.172. The van der Waals surface area contributed by atoms with Crippen molar-refractivity contribution in [3.8, 4) is 11.4 Å². The van der Waals surface area contributed by atoms with Gasteiger partial charge in [0, 0.05) is 10.0 Å². The number of alkyl halides is 3. The van der Waals surface area contributed by atoms with E-state index in [4.69, 9.17) is 11.6 Å². The Kier molecular flexibility index (Phi) is 3.37. The molecule has 21 heavy (non-hydrogen) atoms. The maximum Gasteiger partial charge on any atom is 0.416 e. The van der Waals surface area contributed by atoms with Crippen molar-refractivity contribution in [2.45, 2.75) is 6.18 Å². The third-order valence-corrected chi connectivity index (χ3v) is 3.66. The average Bonchev–Trinajstić information content (AvgIpc) is 2.80. The summed E-state index contributed by atoms with van der Waals surface area (Å²) < 4.78 is 40.2. The van der Waals surface area contributed by atoms with Crippen LogP contribution < -0.4 is 0 Å². The third-order valence-electron chi connectivity index (χ3n) is 2.76. The van der Waals surface area contributed by atoms with Gasteiger partial charge in [-0.15, -0.1) is 10.2 Å². The fourth-order valence-electron chi connectivity index (χ4n) is 1.81.